The first kappa shape index (κ1) is 20.5. The van der Waals surface area contributed by atoms with Gasteiger partial charge in [0.2, 0.25) is 21.8 Å². The Balaban J connectivity index is 1.98. The molecule has 0 aliphatic heterocycles. The van der Waals surface area contributed by atoms with E-state index in [0.29, 0.717) is 11.3 Å². The Morgan fingerprint density at radius 2 is 1.70 bits per heavy atom. The van der Waals surface area contributed by atoms with Crippen LogP contribution < -0.4 is 15.4 Å². The number of benzene rings is 2. The molecule has 0 spiro atoms. The van der Waals surface area contributed by atoms with Gasteiger partial charge in [-0.05, 0) is 37.3 Å². The van der Waals surface area contributed by atoms with Gasteiger partial charge in [-0.3, -0.25) is 9.59 Å². The van der Waals surface area contributed by atoms with Crippen LogP contribution in [0.5, 0.6) is 0 Å². The summed E-state index contributed by atoms with van der Waals surface area (Å²) in [5.41, 5.74) is 0.756. The largest absolute Gasteiger partial charge is 0.351 e. The molecule has 0 radical (unpaired) electrons. The van der Waals surface area contributed by atoms with Crippen molar-refractivity contribution < 1.29 is 22.4 Å². The van der Waals surface area contributed by atoms with Crippen LogP contribution in [0.3, 0.4) is 0 Å². The van der Waals surface area contributed by atoms with Gasteiger partial charge in [-0.1, -0.05) is 18.2 Å². The van der Waals surface area contributed by atoms with Crippen molar-refractivity contribution >= 4 is 27.5 Å². The van der Waals surface area contributed by atoms with Crippen molar-refractivity contribution in [3.63, 3.8) is 0 Å². The van der Waals surface area contributed by atoms with E-state index in [1.807, 2.05) is 0 Å². The number of hydrogen-bond donors (Lipinski definition) is 3. The highest BCUT2D eigenvalue weighted by Gasteiger charge is 2.22. The zero-order valence-electron chi connectivity index (χ0n) is 14.8. The van der Waals surface area contributed by atoms with Gasteiger partial charge >= 0.3 is 0 Å². The molecule has 0 saturated carbocycles. The molecule has 2 amide bonds. The fraction of sp³-hybridized carbons (Fsp3) is 0.222. The molecule has 2 aromatic carbocycles. The molecule has 0 fully saturated rings. The lowest BCUT2D eigenvalue weighted by Gasteiger charge is -2.15. The second-order valence-electron chi connectivity index (χ2n) is 5.86. The number of rotatable bonds is 7. The molecule has 7 nitrogen and oxygen atoms in total. The maximum absolute atomic E-state index is 13.6. The van der Waals surface area contributed by atoms with Gasteiger partial charge in [0.05, 0.1) is 10.9 Å². The summed E-state index contributed by atoms with van der Waals surface area (Å²) in [6.07, 6.45) is 0. The van der Waals surface area contributed by atoms with E-state index in [0.717, 1.165) is 0 Å². The van der Waals surface area contributed by atoms with Gasteiger partial charge in [0.25, 0.3) is 0 Å². The van der Waals surface area contributed by atoms with Gasteiger partial charge in [-0.25, -0.2) is 12.8 Å². The van der Waals surface area contributed by atoms with Crippen molar-refractivity contribution in [2.45, 2.75) is 31.3 Å². The van der Waals surface area contributed by atoms with E-state index in [1.54, 1.807) is 6.07 Å². The third kappa shape index (κ3) is 5.87. The Morgan fingerprint density at radius 1 is 1.07 bits per heavy atom. The van der Waals surface area contributed by atoms with E-state index in [1.165, 1.54) is 56.3 Å². The molecule has 9 heteroatoms. The summed E-state index contributed by atoms with van der Waals surface area (Å²) >= 11 is 0. The number of halogens is 1. The average molecular weight is 393 g/mol. The fourth-order valence-electron chi connectivity index (χ4n) is 2.25. The van der Waals surface area contributed by atoms with Crippen LogP contribution in [-0.2, 0) is 26.2 Å². The number of hydrogen-bond acceptors (Lipinski definition) is 4. The van der Waals surface area contributed by atoms with Crippen molar-refractivity contribution in [3.05, 3.63) is 59.9 Å². The molecule has 0 aliphatic carbocycles. The van der Waals surface area contributed by atoms with E-state index in [9.17, 15) is 22.4 Å². The minimum atomic E-state index is -3.94. The molecule has 27 heavy (non-hydrogen) atoms. The normalized spacial score (nSPS) is 12.3. The second-order valence-corrected chi connectivity index (χ2v) is 7.57. The lowest BCUT2D eigenvalue weighted by molar-refractivity contribution is -0.122. The first-order chi connectivity index (χ1) is 12.7. The predicted molar refractivity (Wildman–Crippen MR) is 98.8 cm³/mol. The molecule has 0 aliphatic rings. The zero-order chi connectivity index (χ0) is 20.0. The molecule has 144 valence electrons. The highest BCUT2D eigenvalue weighted by molar-refractivity contribution is 7.89. The highest BCUT2D eigenvalue weighted by atomic mass is 32.2. The summed E-state index contributed by atoms with van der Waals surface area (Å²) < 4.78 is 40.6. The number of anilines is 1. The lowest BCUT2D eigenvalue weighted by Crippen LogP contribution is -2.44. The maximum atomic E-state index is 13.6. The Bertz CT molecular complexity index is 930. The first-order valence-corrected chi connectivity index (χ1v) is 9.58. The maximum Gasteiger partial charge on any atom is 0.241 e. The van der Waals surface area contributed by atoms with Gasteiger partial charge in [-0.15, -0.1) is 0 Å². The summed E-state index contributed by atoms with van der Waals surface area (Å²) in [4.78, 5) is 23.0. The molecule has 2 rings (SSSR count). The summed E-state index contributed by atoms with van der Waals surface area (Å²) in [5, 5.41) is 5.02. The van der Waals surface area contributed by atoms with Crippen LogP contribution in [0.2, 0.25) is 0 Å². The molecule has 0 bridgehead atoms. The molecule has 0 heterocycles. The van der Waals surface area contributed by atoms with Gasteiger partial charge in [0.1, 0.15) is 5.82 Å². The molecule has 1 atom stereocenters. The Kier molecular flexibility index (Phi) is 6.65. The topological polar surface area (TPSA) is 104 Å². The van der Waals surface area contributed by atoms with Crippen LogP contribution in [0.25, 0.3) is 0 Å². The predicted octanol–water partition coefficient (Wildman–Crippen LogP) is 1.77. The van der Waals surface area contributed by atoms with Crippen molar-refractivity contribution in [3.8, 4) is 0 Å². The van der Waals surface area contributed by atoms with E-state index < -0.39 is 27.8 Å². The number of amides is 2. The average Bonchev–Trinajstić information content (AvgIpc) is 2.60. The van der Waals surface area contributed by atoms with Crippen LogP contribution in [0, 0.1) is 5.82 Å². The summed E-state index contributed by atoms with van der Waals surface area (Å²) in [5.74, 6) is -1.31. The van der Waals surface area contributed by atoms with E-state index in [2.05, 4.69) is 15.4 Å². The molecule has 0 aromatic heterocycles. The minimum Gasteiger partial charge on any atom is -0.351 e. The Labute approximate surface area is 157 Å². The van der Waals surface area contributed by atoms with Crippen LogP contribution >= 0.6 is 0 Å². The standard InChI is InChI=1S/C18H20FN3O4S/c1-12(18(24)20-11-14-5-3-4-6-17(14)19)22-27(25,26)16-9-7-15(8-10-16)21-13(2)23/h3-10,12,22H,11H2,1-2H3,(H,20,24)(H,21,23)/t12-/m0/s1. The van der Waals surface area contributed by atoms with Crippen LogP contribution in [0.15, 0.2) is 53.4 Å². The highest BCUT2D eigenvalue weighted by Crippen LogP contribution is 2.14. The van der Waals surface area contributed by atoms with Gasteiger partial charge in [-0.2, -0.15) is 4.72 Å². The third-order valence-electron chi connectivity index (χ3n) is 3.62. The quantitative estimate of drug-likeness (QED) is 0.667. The molecule has 0 saturated heterocycles. The van der Waals surface area contributed by atoms with Gasteiger partial charge in [0, 0.05) is 24.7 Å². The lowest BCUT2D eigenvalue weighted by atomic mass is 10.2. The zero-order valence-corrected chi connectivity index (χ0v) is 15.6. The molecular formula is C18H20FN3O4S. The van der Waals surface area contributed by atoms with Gasteiger partial charge in [0.15, 0.2) is 0 Å². The first-order valence-electron chi connectivity index (χ1n) is 8.10. The fourth-order valence-corrected chi connectivity index (χ4v) is 3.46. The summed E-state index contributed by atoms with van der Waals surface area (Å²) in [6, 6.07) is 10.4. The third-order valence-corrected chi connectivity index (χ3v) is 5.18. The summed E-state index contributed by atoms with van der Waals surface area (Å²) in [6.45, 7) is 2.68. The van der Waals surface area contributed by atoms with Crippen LogP contribution in [0.4, 0.5) is 10.1 Å². The van der Waals surface area contributed by atoms with Crippen molar-refractivity contribution in [2.24, 2.45) is 0 Å². The van der Waals surface area contributed by atoms with Crippen LogP contribution in [-0.4, -0.2) is 26.3 Å². The van der Waals surface area contributed by atoms with Crippen molar-refractivity contribution in [2.75, 3.05) is 5.32 Å². The second kappa shape index (κ2) is 8.74. The minimum absolute atomic E-state index is 0.0506. The summed E-state index contributed by atoms with van der Waals surface area (Å²) in [7, 11) is -3.94. The number of carbonyl (C=O) groups is 2. The van der Waals surface area contributed by atoms with E-state index in [4.69, 9.17) is 0 Å². The number of nitrogens with one attached hydrogen (secondary N) is 3. The molecule has 3 N–H and O–H groups in total. The van der Waals surface area contributed by atoms with Crippen molar-refractivity contribution in [1.82, 2.24) is 10.0 Å². The Morgan fingerprint density at radius 3 is 2.30 bits per heavy atom. The smallest absolute Gasteiger partial charge is 0.241 e. The van der Waals surface area contributed by atoms with Gasteiger partial charge < -0.3 is 10.6 Å². The molecule has 2 aromatic rings. The number of sulfonamides is 1. The molecular weight excluding hydrogens is 373 g/mol. The van der Waals surface area contributed by atoms with Crippen LogP contribution in [0.1, 0.15) is 19.4 Å². The monoisotopic (exact) mass is 393 g/mol. The van der Waals surface area contributed by atoms with E-state index in [-0.39, 0.29) is 17.3 Å². The van der Waals surface area contributed by atoms with E-state index >= 15 is 0 Å². The SMILES string of the molecule is CC(=O)Nc1ccc(S(=O)(=O)N[C@@H](C)C(=O)NCc2ccccc2F)cc1. The number of carbonyl (C=O) groups excluding carboxylic acids is 2. The molecule has 0 unspecified atom stereocenters. The Hall–Kier alpha value is -2.78. The van der Waals surface area contributed by atoms with Crippen molar-refractivity contribution in [1.29, 1.82) is 0 Å².